The first kappa shape index (κ1) is 33.5. The Balaban J connectivity index is 0.00000405. The molecule has 9 heteroatoms. The number of fused-ring (bicyclic) bond motifs is 1. The Morgan fingerprint density at radius 3 is 2.62 bits per heavy atom. The van der Waals surface area contributed by atoms with Gasteiger partial charge in [-0.25, -0.2) is 4.98 Å². The molecule has 1 aliphatic carbocycles. The summed E-state index contributed by atoms with van der Waals surface area (Å²) >= 11 is 15.8. The van der Waals surface area contributed by atoms with Crippen molar-refractivity contribution < 1.29 is 44.6 Å². The number of hydrogen-bond donors (Lipinski definition) is 1. The summed E-state index contributed by atoms with van der Waals surface area (Å²) in [5.74, 6) is 0.826. The van der Waals surface area contributed by atoms with E-state index in [0.29, 0.717) is 14.9 Å². The van der Waals surface area contributed by atoms with E-state index in [1.165, 1.54) is 11.3 Å². The SMILES string of the molecule is CC(C)(O)c1ccccc1C(CCSCC1(CC(=O)[O-])CC1)c1cccc(/C=C/c2ccc3sc(Cl)c(Cl)c3n2)c1.[Na+]. The second-order valence-electron chi connectivity index (χ2n) is 11.4. The monoisotopic (exact) mass is 647 g/mol. The Kier molecular flexibility index (Phi) is 11.3. The molecule has 42 heavy (non-hydrogen) atoms. The van der Waals surface area contributed by atoms with Gasteiger partial charge >= 0.3 is 29.6 Å². The molecule has 1 atom stereocenters. The molecular formula is C33H32Cl2NNaO3S2. The minimum absolute atomic E-state index is 0. The summed E-state index contributed by atoms with van der Waals surface area (Å²) in [5, 5.41) is 22.7. The normalized spacial score (nSPS) is 15.1. The molecule has 4 aromatic rings. The first-order valence-electron chi connectivity index (χ1n) is 13.7. The van der Waals surface area contributed by atoms with Crippen molar-refractivity contribution in [2.24, 2.45) is 5.41 Å². The molecule has 1 fully saturated rings. The van der Waals surface area contributed by atoms with E-state index in [9.17, 15) is 15.0 Å². The molecule has 5 rings (SSSR count). The number of rotatable bonds is 12. The summed E-state index contributed by atoms with van der Waals surface area (Å²) in [4.78, 5) is 15.9. The summed E-state index contributed by atoms with van der Waals surface area (Å²) in [6.45, 7) is 3.65. The average Bonchev–Trinajstić information content (AvgIpc) is 3.63. The van der Waals surface area contributed by atoms with Crippen LogP contribution in [0.3, 0.4) is 0 Å². The molecule has 0 spiro atoms. The molecule has 0 saturated heterocycles. The molecule has 214 valence electrons. The van der Waals surface area contributed by atoms with Crippen molar-refractivity contribution in [2.45, 2.75) is 51.0 Å². The molecule has 0 bridgehead atoms. The Bertz CT molecular complexity index is 1590. The van der Waals surface area contributed by atoms with Crippen LogP contribution in [0.25, 0.3) is 22.4 Å². The minimum Gasteiger partial charge on any atom is -0.550 e. The predicted octanol–water partition coefficient (Wildman–Crippen LogP) is 5.18. The van der Waals surface area contributed by atoms with Crippen molar-refractivity contribution >= 4 is 74.6 Å². The molecule has 1 aliphatic rings. The summed E-state index contributed by atoms with van der Waals surface area (Å²) in [6.07, 6.45) is 6.95. The number of aromatic nitrogens is 1. The molecule has 4 nitrogen and oxygen atoms in total. The Morgan fingerprint density at radius 1 is 1.14 bits per heavy atom. The Labute approximate surface area is 287 Å². The Hall–Kier alpha value is -1.35. The summed E-state index contributed by atoms with van der Waals surface area (Å²) in [6, 6.07) is 20.5. The average molecular weight is 649 g/mol. The van der Waals surface area contributed by atoms with Crippen LogP contribution >= 0.6 is 46.3 Å². The number of carbonyl (C=O) groups excluding carboxylic acids is 1. The van der Waals surface area contributed by atoms with E-state index in [4.69, 9.17) is 23.2 Å². The van der Waals surface area contributed by atoms with Crippen LogP contribution in [0.1, 0.15) is 73.4 Å². The number of carbonyl (C=O) groups is 1. The summed E-state index contributed by atoms with van der Waals surface area (Å²) < 4.78 is 1.50. The molecule has 2 heterocycles. The number of pyridine rings is 1. The molecule has 0 amide bonds. The number of aliphatic hydroxyl groups is 1. The number of benzene rings is 2. The predicted molar refractivity (Wildman–Crippen MR) is 172 cm³/mol. The van der Waals surface area contributed by atoms with E-state index >= 15 is 0 Å². The van der Waals surface area contributed by atoms with Crippen molar-refractivity contribution in [3.63, 3.8) is 0 Å². The zero-order valence-electron chi connectivity index (χ0n) is 24.0. The maximum atomic E-state index is 11.2. The fourth-order valence-electron chi connectivity index (χ4n) is 5.29. The summed E-state index contributed by atoms with van der Waals surface area (Å²) in [5.41, 5.74) is 4.66. The number of thiophene rings is 1. The van der Waals surface area contributed by atoms with Crippen LogP contribution in [-0.4, -0.2) is 27.6 Å². The fourth-order valence-corrected chi connectivity index (χ4v) is 8.08. The molecule has 2 aromatic carbocycles. The standard InChI is InChI=1S/C33H33Cl2NO3S2.Na/c1-32(2,39)26-9-4-3-8-25(26)24(14-17-40-20-33(15-16-33)19-28(37)38)22-7-5-6-21(18-22)10-11-23-12-13-27-30(36-23)29(34)31(35)41-27;/h3-13,18,24,39H,14-17,19-20H2,1-2H3,(H,37,38);/q;+1/p-1/b11-10+;. The van der Waals surface area contributed by atoms with Crippen LogP contribution in [0, 0.1) is 5.41 Å². The van der Waals surface area contributed by atoms with Gasteiger partial charge in [0.25, 0.3) is 0 Å². The van der Waals surface area contributed by atoms with E-state index in [1.54, 1.807) is 0 Å². The maximum Gasteiger partial charge on any atom is 1.00 e. The first-order valence-corrected chi connectivity index (χ1v) is 16.4. The smallest absolute Gasteiger partial charge is 0.550 e. The number of carboxylic acid groups (broad SMARTS) is 1. The van der Waals surface area contributed by atoms with Crippen molar-refractivity contribution in [2.75, 3.05) is 11.5 Å². The maximum absolute atomic E-state index is 11.2. The van der Waals surface area contributed by atoms with Crippen molar-refractivity contribution in [1.29, 1.82) is 0 Å². The number of nitrogens with zero attached hydrogens (tertiary/aromatic N) is 1. The van der Waals surface area contributed by atoms with Crippen LogP contribution in [0.4, 0.5) is 0 Å². The van der Waals surface area contributed by atoms with Crippen LogP contribution in [0.15, 0.2) is 60.7 Å². The number of thioether (sulfide) groups is 1. The third kappa shape index (κ3) is 8.22. The number of aliphatic carboxylic acids is 1. The van der Waals surface area contributed by atoms with E-state index in [0.717, 1.165) is 63.4 Å². The van der Waals surface area contributed by atoms with E-state index in [2.05, 4.69) is 35.3 Å². The molecule has 1 unspecified atom stereocenters. The second-order valence-corrected chi connectivity index (χ2v) is 14.5. The van der Waals surface area contributed by atoms with Gasteiger partial charge in [0, 0.05) is 11.9 Å². The van der Waals surface area contributed by atoms with Gasteiger partial charge in [0.15, 0.2) is 0 Å². The zero-order valence-corrected chi connectivity index (χ0v) is 29.2. The van der Waals surface area contributed by atoms with Crippen molar-refractivity contribution in [3.8, 4) is 0 Å². The molecule has 1 N–H and O–H groups in total. The number of halogens is 2. The van der Waals surface area contributed by atoms with E-state index < -0.39 is 11.6 Å². The van der Waals surface area contributed by atoms with Gasteiger partial charge in [-0.3, -0.25) is 0 Å². The van der Waals surface area contributed by atoms with Crippen LogP contribution in [0.2, 0.25) is 9.36 Å². The topological polar surface area (TPSA) is 73.2 Å². The van der Waals surface area contributed by atoms with Gasteiger partial charge < -0.3 is 15.0 Å². The third-order valence-corrected chi connectivity index (χ3v) is 10.9. The van der Waals surface area contributed by atoms with Gasteiger partial charge in [-0.05, 0) is 96.9 Å². The molecule has 2 aromatic heterocycles. The van der Waals surface area contributed by atoms with Gasteiger partial charge in [0.05, 0.1) is 21.0 Å². The first-order chi connectivity index (χ1) is 19.5. The largest absolute Gasteiger partial charge is 1.00 e. The zero-order chi connectivity index (χ0) is 29.2. The van der Waals surface area contributed by atoms with Gasteiger partial charge in [-0.1, -0.05) is 77.8 Å². The van der Waals surface area contributed by atoms with Crippen molar-refractivity contribution in [1.82, 2.24) is 4.98 Å². The van der Waals surface area contributed by atoms with Gasteiger partial charge in [-0.2, -0.15) is 11.8 Å². The molecule has 0 radical (unpaired) electrons. The quantitative estimate of drug-likeness (QED) is 0.169. The third-order valence-electron chi connectivity index (χ3n) is 7.65. The van der Waals surface area contributed by atoms with Gasteiger partial charge in [0.2, 0.25) is 0 Å². The summed E-state index contributed by atoms with van der Waals surface area (Å²) in [7, 11) is 0. The fraction of sp³-hybridized carbons (Fsp3) is 0.333. The van der Waals surface area contributed by atoms with Crippen LogP contribution < -0.4 is 34.7 Å². The molecule has 1 saturated carbocycles. The van der Waals surface area contributed by atoms with Crippen LogP contribution in [0.5, 0.6) is 0 Å². The van der Waals surface area contributed by atoms with Crippen LogP contribution in [-0.2, 0) is 10.4 Å². The molecule has 0 aliphatic heterocycles. The second kappa shape index (κ2) is 14.2. The van der Waals surface area contributed by atoms with Gasteiger partial charge in [0.1, 0.15) is 9.85 Å². The van der Waals surface area contributed by atoms with E-state index in [-0.39, 0.29) is 47.3 Å². The molecular weight excluding hydrogens is 616 g/mol. The Morgan fingerprint density at radius 2 is 1.90 bits per heavy atom. The van der Waals surface area contributed by atoms with Crippen molar-refractivity contribution in [3.05, 3.63) is 98.0 Å². The van der Waals surface area contributed by atoms with Gasteiger partial charge in [-0.15, -0.1) is 11.3 Å². The van der Waals surface area contributed by atoms with E-state index in [1.807, 2.05) is 68.1 Å². The number of carboxylic acids is 1. The number of hydrogen-bond acceptors (Lipinski definition) is 6. The minimum atomic E-state index is -0.984.